The summed E-state index contributed by atoms with van der Waals surface area (Å²) in [5.41, 5.74) is 1.33. The van der Waals surface area contributed by atoms with Crippen LogP contribution in [0.2, 0.25) is 0 Å². The third kappa shape index (κ3) is 2.69. The van der Waals surface area contributed by atoms with Crippen molar-refractivity contribution in [3.05, 3.63) is 59.4 Å². The maximum Gasteiger partial charge on any atom is 0.254 e. The molecule has 1 unspecified atom stereocenters. The number of carbonyl (C=O) groups excluding carboxylic acids is 1. The molecule has 1 N–H and O–H groups in total. The van der Waals surface area contributed by atoms with E-state index in [1.54, 1.807) is 29.2 Å². The first kappa shape index (κ1) is 15.0. The summed E-state index contributed by atoms with van der Waals surface area (Å²) >= 11 is 0. The van der Waals surface area contributed by atoms with E-state index in [4.69, 9.17) is 9.47 Å². The van der Waals surface area contributed by atoms with Crippen LogP contribution in [0, 0.1) is 5.82 Å². The van der Waals surface area contributed by atoms with Crippen molar-refractivity contribution in [2.24, 2.45) is 0 Å². The van der Waals surface area contributed by atoms with E-state index in [2.05, 4.69) is 5.32 Å². The zero-order valence-corrected chi connectivity index (χ0v) is 13.0. The van der Waals surface area contributed by atoms with Gasteiger partial charge in [-0.3, -0.25) is 4.79 Å². The lowest BCUT2D eigenvalue weighted by atomic mass is 10.0. The molecule has 2 aromatic carbocycles. The Balaban J connectivity index is 1.64. The molecule has 1 fully saturated rings. The molecule has 2 aliphatic rings. The number of amides is 1. The summed E-state index contributed by atoms with van der Waals surface area (Å²) in [4.78, 5) is 14.8. The number of piperazine rings is 1. The molecule has 4 rings (SSSR count). The molecule has 0 spiro atoms. The van der Waals surface area contributed by atoms with Crippen LogP contribution in [-0.4, -0.2) is 37.2 Å². The third-order valence-corrected chi connectivity index (χ3v) is 4.36. The molecular weight excluding hydrogens is 311 g/mol. The monoisotopic (exact) mass is 328 g/mol. The number of halogens is 1. The summed E-state index contributed by atoms with van der Waals surface area (Å²) in [7, 11) is 0. The lowest BCUT2D eigenvalue weighted by molar-refractivity contribution is 0.0633. The highest BCUT2D eigenvalue weighted by Gasteiger charge is 2.29. The summed E-state index contributed by atoms with van der Waals surface area (Å²) in [6, 6.07) is 11.4. The third-order valence-electron chi connectivity index (χ3n) is 4.36. The molecule has 2 aliphatic heterocycles. The van der Waals surface area contributed by atoms with Gasteiger partial charge in [0, 0.05) is 25.2 Å². The van der Waals surface area contributed by atoms with Crippen molar-refractivity contribution in [1.82, 2.24) is 10.2 Å². The minimum Gasteiger partial charge on any atom is -0.454 e. The van der Waals surface area contributed by atoms with Crippen LogP contribution in [0.15, 0.2) is 42.5 Å². The second kappa shape index (κ2) is 6.13. The quantitative estimate of drug-likeness (QED) is 0.919. The van der Waals surface area contributed by atoms with Crippen molar-refractivity contribution in [3.8, 4) is 11.5 Å². The number of rotatable bonds is 2. The topological polar surface area (TPSA) is 50.8 Å². The first-order valence-electron chi connectivity index (χ1n) is 7.89. The van der Waals surface area contributed by atoms with Crippen molar-refractivity contribution in [2.45, 2.75) is 6.04 Å². The molecule has 2 aromatic rings. The maximum absolute atomic E-state index is 13.6. The Bertz CT molecular complexity index is 781. The number of carbonyl (C=O) groups is 1. The van der Waals surface area contributed by atoms with Gasteiger partial charge in [-0.2, -0.15) is 0 Å². The van der Waals surface area contributed by atoms with E-state index >= 15 is 0 Å². The smallest absolute Gasteiger partial charge is 0.254 e. The van der Waals surface area contributed by atoms with Gasteiger partial charge in [0.2, 0.25) is 6.79 Å². The Kier molecular flexibility index (Phi) is 3.82. The van der Waals surface area contributed by atoms with Crippen molar-refractivity contribution in [3.63, 3.8) is 0 Å². The summed E-state index contributed by atoms with van der Waals surface area (Å²) in [6.45, 7) is 2.04. The van der Waals surface area contributed by atoms with Gasteiger partial charge in [0.1, 0.15) is 5.82 Å². The lowest BCUT2D eigenvalue weighted by Crippen LogP contribution is -2.48. The highest BCUT2D eigenvalue weighted by Crippen LogP contribution is 2.33. The molecule has 1 saturated heterocycles. The minimum atomic E-state index is -0.298. The van der Waals surface area contributed by atoms with Gasteiger partial charge in [-0.15, -0.1) is 0 Å². The minimum absolute atomic E-state index is 0.0935. The molecule has 0 radical (unpaired) electrons. The second-order valence-electron chi connectivity index (χ2n) is 5.84. The maximum atomic E-state index is 13.6. The van der Waals surface area contributed by atoms with E-state index in [9.17, 15) is 9.18 Å². The molecule has 1 atom stereocenters. The highest BCUT2D eigenvalue weighted by molar-refractivity contribution is 5.95. The number of hydrogen-bond donors (Lipinski definition) is 1. The average Bonchev–Trinajstić information content (AvgIpc) is 3.09. The van der Waals surface area contributed by atoms with Crippen LogP contribution in [-0.2, 0) is 0 Å². The van der Waals surface area contributed by atoms with Gasteiger partial charge >= 0.3 is 0 Å². The van der Waals surface area contributed by atoms with E-state index in [0.717, 1.165) is 5.56 Å². The number of hydrogen-bond acceptors (Lipinski definition) is 4. The Labute approximate surface area is 139 Å². The fourth-order valence-corrected chi connectivity index (χ4v) is 3.15. The molecule has 6 heteroatoms. The van der Waals surface area contributed by atoms with Crippen molar-refractivity contribution >= 4 is 5.91 Å². The number of nitrogens with one attached hydrogen (secondary N) is 1. The summed E-state index contributed by atoms with van der Waals surface area (Å²) in [6.07, 6.45) is 0. The average molecular weight is 328 g/mol. The molecular formula is C18H17FN2O3. The van der Waals surface area contributed by atoms with Gasteiger partial charge in [0.25, 0.3) is 5.91 Å². The molecule has 0 saturated carbocycles. The number of fused-ring (bicyclic) bond motifs is 1. The largest absolute Gasteiger partial charge is 0.454 e. The van der Waals surface area contributed by atoms with Gasteiger partial charge in [-0.1, -0.05) is 12.1 Å². The van der Waals surface area contributed by atoms with E-state index < -0.39 is 0 Å². The molecule has 0 bridgehead atoms. The predicted octanol–water partition coefficient (Wildman–Crippen LogP) is 2.34. The van der Waals surface area contributed by atoms with Gasteiger partial charge in [0.05, 0.1) is 6.04 Å². The van der Waals surface area contributed by atoms with Crippen LogP contribution in [0.4, 0.5) is 4.39 Å². The highest BCUT2D eigenvalue weighted by atomic mass is 19.1. The Hall–Kier alpha value is -2.60. The number of nitrogens with zero attached hydrogens (tertiary/aromatic N) is 1. The van der Waals surface area contributed by atoms with E-state index in [0.29, 0.717) is 36.7 Å². The van der Waals surface area contributed by atoms with Crippen LogP contribution >= 0.6 is 0 Å². The molecule has 5 nitrogen and oxygen atoms in total. The normalized spacial score (nSPS) is 19.4. The van der Waals surface area contributed by atoms with Gasteiger partial charge in [0.15, 0.2) is 11.5 Å². The fourth-order valence-electron chi connectivity index (χ4n) is 3.15. The summed E-state index contributed by atoms with van der Waals surface area (Å²) < 4.78 is 24.2. The standard InChI is InChI=1S/C18H17FN2O3/c19-14-3-1-2-12(8-14)15-10-20-6-7-21(15)18(22)13-4-5-16-17(9-13)24-11-23-16/h1-5,8-9,15,20H,6-7,10-11H2. The van der Waals surface area contributed by atoms with Crippen molar-refractivity contribution in [1.29, 1.82) is 0 Å². The first-order chi connectivity index (χ1) is 11.7. The molecule has 1 amide bonds. The van der Waals surface area contributed by atoms with Crippen molar-refractivity contribution in [2.75, 3.05) is 26.4 Å². The zero-order chi connectivity index (χ0) is 16.5. The first-order valence-corrected chi connectivity index (χ1v) is 7.89. The number of ether oxygens (including phenoxy) is 2. The van der Waals surface area contributed by atoms with Gasteiger partial charge in [-0.05, 0) is 35.9 Å². The Morgan fingerprint density at radius 3 is 2.92 bits per heavy atom. The fraction of sp³-hybridized carbons (Fsp3) is 0.278. The van der Waals surface area contributed by atoms with Crippen molar-refractivity contribution < 1.29 is 18.7 Å². The molecule has 24 heavy (non-hydrogen) atoms. The van der Waals surface area contributed by atoms with E-state index in [1.807, 2.05) is 6.07 Å². The van der Waals surface area contributed by atoms with Gasteiger partial charge < -0.3 is 19.7 Å². The van der Waals surface area contributed by atoms with Crippen LogP contribution in [0.5, 0.6) is 11.5 Å². The molecule has 124 valence electrons. The van der Waals surface area contributed by atoms with Crippen LogP contribution in [0.25, 0.3) is 0 Å². The van der Waals surface area contributed by atoms with Crippen LogP contribution < -0.4 is 14.8 Å². The predicted molar refractivity (Wildman–Crippen MR) is 85.6 cm³/mol. The lowest BCUT2D eigenvalue weighted by Gasteiger charge is -2.36. The number of benzene rings is 2. The molecule has 0 aliphatic carbocycles. The molecule has 0 aromatic heterocycles. The van der Waals surface area contributed by atoms with Crippen LogP contribution in [0.1, 0.15) is 22.0 Å². The van der Waals surface area contributed by atoms with Gasteiger partial charge in [-0.25, -0.2) is 4.39 Å². The van der Waals surface area contributed by atoms with Crippen LogP contribution in [0.3, 0.4) is 0 Å². The van der Waals surface area contributed by atoms with E-state index in [-0.39, 0.29) is 24.6 Å². The Morgan fingerprint density at radius 2 is 2.04 bits per heavy atom. The zero-order valence-electron chi connectivity index (χ0n) is 13.0. The molecule has 2 heterocycles. The second-order valence-corrected chi connectivity index (χ2v) is 5.84. The summed E-state index contributed by atoms with van der Waals surface area (Å²) in [5.74, 6) is 0.837. The van der Waals surface area contributed by atoms with E-state index in [1.165, 1.54) is 12.1 Å². The summed E-state index contributed by atoms with van der Waals surface area (Å²) in [5, 5.41) is 3.27. The SMILES string of the molecule is O=C(c1ccc2c(c1)OCO2)N1CCNCC1c1cccc(F)c1. The Morgan fingerprint density at radius 1 is 1.17 bits per heavy atom.